The van der Waals surface area contributed by atoms with Crippen molar-refractivity contribution in [3.05, 3.63) is 103 Å². The number of ether oxygens (including phenoxy) is 1. The van der Waals surface area contributed by atoms with E-state index in [9.17, 15) is 19.1 Å². The first-order valence-corrected chi connectivity index (χ1v) is 11.2. The van der Waals surface area contributed by atoms with E-state index in [4.69, 9.17) is 4.74 Å². The van der Waals surface area contributed by atoms with E-state index in [2.05, 4.69) is 30.9 Å². The fourth-order valence-corrected chi connectivity index (χ4v) is 3.35. The topological polar surface area (TPSA) is 147 Å². The summed E-state index contributed by atoms with van der Waals surface area (Å²) in [5, 5.41) is 22.4. The van der Waals surface area contributed by atoms with E-state index >= 15 is 0 Å². The molecule has 0 saturated heterocycles. The van der Waals surface area contributed by atoms with Gasteiger partial charge in [-0.15, -0.1) is 5.10 Å². The molecule has 4 aromatic rings. The van der Waals surface area contributed by atoms with Crippen molar-refractivity contribution in [2.45, 2.75) is 0 Å². The highest BCUT2D eigenvalue weighted by molar-refractivity contribution is 6.02. The smallest absolute Gasteiger partial charge is 0.327 e. The third-order valence-corrected chi connectivity index (χ3v) is 5.14. The minimum atomic E-state index is -0.733. The molecule has 1 aliphatic heterocycles. The summed E-state index contributed by atoms with van der Waals surface area (Å²) in [5.41, 5.74) is 0.204. The third-order valence-electron chi connectivity index (χ3n) is 5.14. The molecule has 1 aromatic carbocycles. The molecule has 5 rings (SSSR count). The first-order valence-electron chi connectivity index (χ1n) is 11.2. The summed E-state index contributed by atoms with van der Waals surface area (Å²) in [5.74, 6) is -0.511. The number of aliphatic hydroxyl groups is 1. The number of pyridine rings is 2. The van der Waals surface area contributed by atoms with E-state index in [0.717, 1.165) is 6.07 Å². The van der Waals surface area contributed by atoms with Crippen molar-refractivity contribution >= 4 is 23.4 Å². The van der Waals surface area contributed by atoms with Crippen molar-refractivity contribution in [2.75, 3.05) is 17.2 Å². The summed E-state index contributed by atoms with van der Waals surface area (Å²) in [6.07, 6.45) is 8.91. The van der Waals surface area contributed by atoms with Gasteiger partial charge in [-0.2, -0.15) is 0 Å². The Kier molecular flexibility index (Phi) is 6.71. The number of benzene rings is 1. The first-order chi connectivity index (χ1) is 18.4. The molecule has 190 valence electrons. The number of nitrogens with one attached hydrogen (secondary N) is 2. The van der Waals surface area contributed by atoms with Crippen molar-refractivity contribution < 1.29 is 23.8 Å². The van der Waals surface area contributed by atoms with Crippen LogP contribution in [0.25, 0.3) is 5.82 Å². The van der Waals surface area contributed by atoms with E-state index in [0.29, 0.717) is 5.82 Å². The fraction of sp³-hybridized carbons (Fsp3) is 0.0400. The van der Waals surface area contributed by atoms with E-state index in [1.807, 2.05) is 0 Å². The summed E-state index contributed by atoms with van der Waals surface area (Å²) in [7, 11) is 0. The number of rotatable bonds is 6. The Bertz CT molecular complexity index is 1550. The Morgan fingerprint density at radius 3 is 2.74 bits per heavy atom. The first kappa shape index (κ1) is 24.1. The van der Waals surface area contributed by atoms with E-state index in [-0.39, 0.29) is 41.0 Å². The van der Waals surface area contributed by atoms with Gasteiger partial charge in [-0.1, -0.05) is 11.3 Å². The Balaban J connectivity index is 1.22. The third kappa shape index (κ3) is 5.62. The molecule has 13 heteroatoms. The van der Waals surface area contributed by atoms with Gasteiger partial charge in [0.05, 0.1) is 12.7 Å². The zero-order valence-electron chi connectivity index (χ0n) is 19.5. The number of carbonyl (C=O) groups excluding carboxylic acids is 2. The lowest BCUT2D eigenvalue weighted by Crippen LogP contribution is -2.33. The highest BCUT2D eigenvalue weighted by Gasteiger charge is 2.17. The van der Waals surface area contributed by atoms with Gasteiger partial charge < -0.3 is 15.2 Å². The van der Waals surface area contributed by atoms with Gasteiger partial charge in [0, 0.05) is 36.4 Å². The standard InChI is InChI=1S/C25H19FN8O4/c26-19-12-16(29-24(36)20-15-34(32-31-20)23-5-1-2-9-28-23)6-7-21(19)38-18-8-10-27-22(13-18)30-25(37)33-11-3-4-17(35)14-33/h1-13,15,35H,14H2,(H,29,36)(H,27,30,37). The molecular formula is C25H19FN8O4. The van der Waals surface area contributed by atoms with Crippen molar-refractivity contribution in [1.29, 1.82) is 0 Å². The summed E-state index contributed by atoms with van der Waals surface area (Å²) in [6, 6.07) is 11.5. The molecule has 1 aliphatic rings. The quantitative estimate of drug-likeness (QED) is 0.349. The molecule has 3 N–H and O–H groups in total. The van der Waals surface area contributed by atoms with Gasteiger partial charge >= 0.3 is 6.03 Å². The second kappa shape index (κ2) is 10.6. The zero-order valence-corrected chi connectivity index (χ0v) is 19.5. The van der Waals surface area contributed by atoms with E-state index in [1.54, 1.807) is 24.4 Å². The molecule has 0 saturated carbocycles. The van der Waals surface area contributed by atoms with Crippen LogP contribution in [0.1, 0.15) is 10.5 Å². The molecular weight excluding hydrogens is 495 g/mol. The van der Waals surface area contributed by atoms with E-state index < -0.39 is 17.8 Å². The number of nitrogens with zero attached hydrogens (tertiary/aromatic N) is 6. The highest BCUT2D eigenvalue weighted by Crippen LogP contribution is 2.28. The Morgan fingerprint density at radius 2 is 1.95 bits per heavy atom. The normalized spacial score (nSPS) is 12.6. The largest absolute Gasteiger partial charge is 0.510 e. The molecule has 38 heavy (non-hydrogen) atoms. The molecule has 0 unspecified atom stereocenters. The summed E-state index contributed by atoms with van der Waals surface area (Å²) >= 11 is 0. The van der Waals surface area contributed by atoms with Gasteiger partial charge in [0.1, 0.15) is 17.3 Å². The van der Waals surface area contributed by atoms with Crippen LogP contribution in [0, 0.1) is 5.82 Å². The van der Waals surface area contributed by atoms with Gasteiger partial charge in [0.25, 0.3) is 5.91 Å². The molecule has 0 fully saturated rings. The lowest BCUT2D eigenvalue weighted by molar-refractivity contribution is 0.102. The monoisotopic (exact) mass is 514 g/mol. The highest BCUT2D eigenvalue weighted by atomic mass is 19.1. The Hall–Kier alpha value is -5.59. The number of hydrogen-bond acceptors (Lipinski definition) is 8. The van der Waals surface area contributed by atoms with Crippen LogP contribution in [-0.2, 0) is 0 Å². The molecule has 3 aromatic heterocycles. The lowest BCUT2D eigenvalue weighted by Gasteiger charge is -2.20. The minimum Gasteiger partial charge on any atom is -0.510 e. The lowest BCUT2D eigenvalue weighted by atomic mass is 10.2. The number of aliphatic hydroxyl groups excluding tert-OH is 1. The maximum absolute atomic E-state index is 14.8. The van der Waals surface area contributed by atoms with Crippen LogP contribution < -0.4 is 15.4 Å². The predicted octanol–water partition coefficient (Wildman–Crippen LogP) is 4.04. The summed E-state index contributed by atoms with van der Waals surface area (Å²) in [4.78, 5) is 34.4. The molecule has 0 spiro atoms. The summed E-state index contributed by atoms with van der Waals surface area (Å²) in [6.45, 7) is 0.0231. The number of halogens is 1. The number of allylic oxidation sites excluding steroid dienone is 2. The second-order valence-corrected chi connectivity index (χ2v) is 7.87. The molecule has 0 radical (unpaired) electrons. The molecule has 3 amide bonds. The van der Waals surface area contributed by atoms with Crippen molar-refractivity contribution in [2.24, 2.45) is 0 Å². The van der Waals surface area contributed by atoms with Crippen molar-refractivity contribution in [1.82, 2.24) is 29.9 Å². The number of urea groups is 1. The number of anilines is 2. The molecule has 12 nitrogen and oxygen atoms in total. The van der Waals surface area contributed by atoms with Crippen LogP contribution in [0.4, 0.5) is 20.7 Å². The predicted molar refractivity (Wildman–Crippen MR) is 133 cm³/mol. The van der Waals surface area contributed by atoms with Crippen LogP contribution >= 0.6 is 0 Å². The number of amides is 3. The molecule has 0 bridgehead atoms. The Labute approximate surface area is 214 Å². The maximum Gasteiger partial charge on any atom is 0.327 e. The van der Waals surface area contributed by atoms with Crippen LogP contribution in [0.5, 0.6) is 11.5 Å². The minimum absolute atomic E-state index is 0.0222. The maximum atomic E-state index is 14.8. The molecule has 4 heterocycles. The second-order valence-electron chi connectivity index (χ2n) is 7.87. The van der Waals surface area contributed by atoms with E-state index in [1.165, 1.54) is 64.6 Å². The van der Waals surface area contributed by atoms with Crippen LogP contribution in [0.2, 0.25) is 0 Å². The average molecular weight is 514 g/mol. The van der Waals surface area contributed by atoms with Gasteiger partial charge in [-0.05, 0) is 42.5 Å². The summed E-state index contributed by atoms with van der Waals surface area (Å²) < 4.78 is 21.7. The van der Waals surface area contributed by atoms with Crippen molar-refractivity contribution in [3.63, 3.8) is 0 Å². The van der Waals surface area contributed by atoms with Crippen LogP contribution in [-0.4, -0.2) is 53.5 Å². The zero-order chi connectivity index (χ0) is 26.5. The average Bonchev–Trinajstić information content (AvgIpc) is 3.42. The SMILES string of the molecule is O=C(Nc1ccc(Oc2ccnc(NC(=O)N3C=CC=C(O)C3)c2)c(F)c1)c1cn(-c2ccccn2)nn1. The molecule has 0 aliphatic carbocycles. The van der Waals surface area contributed by atoms with Gasteiger partial charge in [0.15, 0.2) is 23.1 Å². The number of carbonyl (C=O) groups is 2. The van der Waals surface area contributed by atoms with Gasteiger partial charge in [-0.25, -0.2) is 23.8 Å². The number of hydrogen-bond donors (Lipinski definition) is 3. The van der Waals surface area contributed by atoms with Gasteiger partial charge in [-0.3, -0.25) is 15.0 Å². The molecule has 0 atom stereocenters. The fourth-order valence-electron chi connectivity index (χ4n) is 3.35. The van der Waals surface area contributed by atoms with Crippen LogP contribution in [0.15, 0.2) is 91.2 Å². The van der Waals surface area contributed by atoms with Gasteiger partial charge in [0.2, 0.25) is 0 Å². The van der Waals surface area contributed by atoms with Crippen molar-refractivity contribution in [3.8, 4) is 17.3 Å². The van der Waals surface area contributed by atoms with Crippen LogP contribution in [0.3, 0.4) is 0 Å². The Morgan fingerprint density at radius 1 is 1.05 bits per heavy atom. The number of aromatic nitrogens is 5.